The molecule has 90 valence electrons. The van der Waals surface area contributed by atoms with Gasteiger partial charge in [0.2, 0.25) is 0 Å². The lowest BCUT2D eigenvalue weighted by Gasteiger charge is -2.25. The summed E-state index contributed by atoms with van der Waals surface area (Å²) in [4.78, 5) is 0. The predicted octanol–water partition coefficient (Wildman–Crippen LogP) is 0.982. The molecule has 0 aromatic carbocycles. The molecule has 1 aliphatic heterocycles. The fraction of sp³-hybridized carbons (Fsp3) is 0.727. The van der Waals surface area contributed by atoms with Crippen molar-refractivity contribution in [2.75, 3.05) is 11.5 Å². The van der Waals surface area contributed by atoms with Crippen molar-refractivity contribution in [1.29, 1.82) is 0 Å². The maximum Gasteiger partial charge on any atom is 0.0537 e. The van der Waals surface area contributed by atoms with E-state index in [1.54, 1.807) is 0 Å². The third-order valence-corrected chi connectivity index (χ3v) is 4.48. The van der Waals surface area contributed by atoms with E-state index in [9.17, 15) is 4.21 Å². The molecule has 0 amide bonds. The predicted molar refractivity (Wildman–Crippen MR) is 65.7 cm³/mol. The lowest BCUT2D eigenvalue weighted by Crippen LogP contribution is -2.37. The van der Waals surface area contributed by atoms with Gasteiger partial charge in [-0.3, -0.25) is 8.89 Å². The van der Waals surface area contributed by atoms with Crippen molar-refractivity contribution in [3.63, 3.8) is 0 Å². The van der Waals surface area contributed by atoms with Crippen molar-refractivity contribution in [3.8, 4) is 0 Å². The first-order valence-electron chi connectivity index (χ1n) is 5.74. The van der Waals surface area contributed by atoms with Crippen LogP contribution in [0.2, 0.25) is 0 Å². The first-order chi connectivity index (χ1) is 7.65. The molecule has 1 fully saturated rings. The van der Waals surface area contributed by atoms with Crippen molar-refractivity contribution in [1.82, 2.24) is 15.1 Å². The summed E-state index contributed by atoms with van der Waals surface area (Å²) in [7, 11) is 1.36. The van der Waals surface area contributed by atoms with Gasteiger partial charge in [0.15, 0.2) is 0 Å². The Bertz CT molecular complexity index is 367. The van der Waals surface area contributed by atoms with Gasteiger partial charge in [0.25, 0.3) is 0 Å². The molecule has 0 saturated carbocycles. The molecular formula is C11H19N3OS. The standard InChI is InChI=1S/C11H19N3OS/c1-9(10-7-12-14(2)8-10)13-11-3-5-16(15)6-4-11/h7-9,11,13H,3-6H2,1-2H3. The molecule has 1 atom stereocenters. The largest absolute Gasteiger partial charge is 0.307 e. The van der Waals surface area contributed by atoms with Crippen LogP contribution in [0.5, 0.6) is 0 Å². The van der Waals surface area contributed by atoms with Crippen LogP contribution in [0.3, 0.4) is 0 Å². The van der Waals surface area contributed by atoms with E-state index in [0.717, 1.165) is 24.3 Å². The van der Waals surface area contributed by atoms with Crippen molar-refractivity contribution in [2.24, 2.45) is 7.05 Å². The molecule has 0 bridgehead atoms. The van der Waals surface area contributed by atoms with Crippen LogP contribution in [0.15, 0.2) is 12.4 Å². The minimum atomic E-state index is -0.573. The SMILES string of the molecule is CC(NC1CCS(=O)CC1)c1cnn(C)c1. The van der Waals surface area contributed by atoms with Gasteiger partial charge in [-0.1, -0.05) is 0 Å². The van der Waals surface area contributed by atoms with Crippen molar-refractivity contribution < 1.29 is 4.21 Å². The first kappa shape index (κ1) is 11.8. The average Bonchev–Trinajstić information content (AvgIpc) is 2.68. The number of aryl methyl sites for hydroxylation is 1. The Hall–Kier alpha value is -0.680. The Morgan fingerprint density at radius 2 is 2.25 bits per heavy atom. The maximum absolute atomic E-state index is 11.2. The summed E-state index contributed by atoms with van der Waals surface area (Å²) in [6.45, 7) is 2.16. The molecule has 16 heavy (non-hydrogen) atoms. The molecule has 0 radical (unpaired) electrons. The van der Waals surface area contributed by atoms with Crippen LogP contribution in [-0.2, 0) is 17.8 Å². The molecule has 2 heterocycles. The highest BCUT2D eigenvalue weighted by Gasteiger charge is 2.20. The van der Waals surface area contributed by atoms with E-state index < -0.39 is 10.8 Å². The van der Waals surface area contributed by atoms with Crippen molar-refractivity contribution in [3.05, 3.63) is 18.0 Å². The second-order valence-corrected chi connectivity index (χ2v) is 6.15. The molecule has 1 saturated heterocycles. The number of rotatable bonds is 3. The average molecular weight is 241 g/mol. The zero-order valence-electron chi connectivity index (χ0n) is 9.85. The molecule has 5 heteroatoms. The Balaban J connectivity index is 1.87. The number of nitrogens with one attached hydrogen (secondary N) is 1. The third kappa shape index (κ3) is 2.92. The van der Waals surface area contributed by atoms with Crippen molar-refractivity contribution >= 4 is 10.8 Å². The lowest BCUT2D eigenvalue weighted by atomic mass is 10.1. The molecule has 1 aromatic heterocycles. The first-order valence-corrected chi connectivity index (χ1v) is 7.23. The summed E-state index contributed by atoms with van der Waals surface area (Å²) in [6.07, 6.45) is 5.99. The monoisotopic (exact) mass is 241 g/mol. The Morgan fingerprint density at radius 1 is 1.56 bits per heavy atom. The molecule has 1 aromatic rings. The van der Waals surface area contributed by atoms with Gasteiger partial charge in [0.05, 0.1) is 6.20 Å². The van der Waals surface area contributed by atoms with Gasteiger partial charge >= 0.3 is 0 Å². The highest BCUT2D eigenvalue weighted by molar-refractivity contribution is 7.85. The van der Waals surface area contributed by atoms with Crippen LogP contribution >= 0.6 is 0 Å². The molecular weight excluding hydrogens is 222 g/mol. The lowest BCUT2D eigenvalue weighted by molar-refractivity contribution is 0.427. The van der Waals surface area contributed by atoms with E-state index in [0.29, 0.717) is 12.1 Å². The van der Waals surface area contributed by atoms with Gasteiger partial charge in [0, 0.05) is 53.2 Å². The van der Waals surface area contributed by atoms with Crippen LogP contribution in [0.1, 0.15) is 31.4 Å². The van der Waals surface area contributed by atoms with Gasteiger partial charge in [0.1, 0.15) is 0 Å². The summed E-state index contributed by atoms with van der Waals surface area (Å²) in [5.74, 6) is 1.69. The maximum atomic E-state index is 11.2. The fourth-order valence-corrected chi connectivity index (χ4v) is 3.37. The molecule has 0 spiro atoms. The van der Waals surface area contributed by atoms with Crippen LogP contribution in [0.4, 0.5) is 0 Å². The van der Waals surface area contributed by atoms with Crippen LogP contribution in [-0.4, -0.2) is 31.5 Å². The minimum Gasteiger partial charge on any atom is -0.307 e. The third-order valence-electron chi connectivity index (χ3n) is 3.10. The van der Waals surface area contributed by atoms with Gasteiger partial charge in [-0.25, -0.2) is 0 Å². The summed E-state index contributed by atoms with van der Waals surface area (Å²) in [5.41, 5.74) is 1.22. The van der Waals surface area contributed by atoms with Crippen molar-refractivity contribution in [2.45, 2.75) is 31.8 Å². The number of hydrogen-bond acceptors (Lipinski definition) is 3. The second kappa shape index (κ2) is 5.10. The Kier molecular flexibility index (Phi) is 3.76. The van der Waals surface area contributed by atoms with E-state index in [1.165, 1.54) is 5.56 Å². The molecule has 4 nitrogen and oxygen atoms in total. The van der Waals surface area contributed by atoms with Gasteiger partial charge in [-0.15, -0.1) is 0 Å². The molecule has 1 unspecified atom stereocenters. The number of nitrogens with zero attached hydrogens (tertiary/aromatic N) is 2. The number of hydrogen-bond donors (Lipinski definition) is 1. The second-order valence-electron chi connectivity index (χ2n) is 4.46. The highest BCUT2D eigenvalue weighted by Crippen LogP contribution is 2.16. The van der Waals surface area contributed by atoms with E-state index in [2.05, 4.69) is 17.3 Å². The zero-order chi connectivity index (χ0) is 11.5. The van der Waals surface area contributed by atoms with Crippen LogP contribution in [0.25, 0.3) is 0 Å². The Morgan fingerprint density at radius 3 is 2.81 bits per heavy atom. The Labute approximate surface area is 98.9 Å². The summed E-state index contributed by atoms with van der Waals surface area (Å²) >= 11 is 0. The van der Waals surface area contributed by atoms with Gasteiger partial charge < -0.3 is 5.32 Å². The molecule has 2 rings (SSSR count). The van der Waals surface area contributed by atoms with Crippen LogP contribution < -0.4 is 5.32 Å². The summed E-state index contributed by atoms with van der Waals surface area (Å²) in [6, 6.07) is 0.832. The van der Waals surface area contributed by atoms with E-state index in [1.807, 2.05) is 24.1 Å². The quantitative estimate of drug-likeness (QED) is 0.858. The molecule has 1 N–H and O–H groups in total. The minimum absolute atomic E-state index is 0.324. The molecule has 0 aliphatic carbocycles. The fourth-order valence-electron chi connectivity index (χ4n) is 2.07. The van der Waals surface area contributed by atoms with Gasteiger partial charge in [-0.2, -0.15) is 5.10 Å². The highest BCUT2D eigenvalue weighted by atomic mass is 32.2. The normalized spacial score (nSPS) is 27.9. The smallest absolute Gasteiger partial charge is 0.0537 e. The van der Waals surface area contributed by atoms with E-state index in [4.69, 9.17) is 0 Å². The van der Waals surface area contributed by atoms with E-state index >= 15 is 0 Å². The molecule has 1 aliphatic rings. The summed E-state index contributed by atoms with van der Waals surface area (Å²) in [5, 5.41) is 7.75. The van der Waals surface area contributed by atoms with Crippen LogP contribution in [0, 0.1) is 0 Å². The zero-order valence-corrected chi connectivity index (χ0v) is 10.7. The van der Waals surface area contributed by atoms with Gasteiger partial charge in [-0.05, 0) is 19.8 Å². The number of aromatic nitrogens is 2. The van der Waals surface area contributed by atoms with E-state index in [-0.39, 0.29) is 0 Å². The summed E-state index contributed by atoms with van der Waals surface area (Å²) < 4.78 is 13.1. The topological polar surface area (TPSA) is 46.9 Å².